The molecule has 18 heavy (non-hydrogen) atoms. The fourth-order valence-corrected chi connectivity index (χ4v) is 1.58. The molecule has 0 fully saturated rings. The first-order chi connectivity index (χ1) is 8.54. The van der Waals surface area contributed by atoms with E-state index in [4.69, 9.17) is 4.74 Å². The monoisotopic (exact) mass is 249 g/mol. The molecule has 1 aromatic carbocycles. The van der Waals surface area contributed by atoms with Crippen molar-refractivity contribution in [2.75, 3.05) is 20.7 Å². The largest absolute Gasteiger partial charge is 0.496 e. The molecule has 0 aliphatic rings. The molecule has 1 unspecified atom stereocenters. The number of benzene rings is 1. The van der Waals surface area contributed by atoms with Crippen LogP contribution >= 0.6 is 0 Å². The highest BCUT2D eigenvalue weighted by molar-refractivity contribution is 5.92. The van der Waals surface area contributed by atoms with Crippen LogP contribution in [0.2, 0.25) is 0 Å². The van der Waals surface area contributed by atoms with E-state index in [9.17, 15) is 9.90 Å². The number of rotatable bonds is 5. The Morgan fingerprint density at radius 3 is 2.78 bits per heavy atom. The summed E-state index contributed by atoms with van der Waals surface area (Å²) < 4.78 is 5.19. The van der Waals surface area contributed by atoms with Crippen molar-refractivity contribution in [1.82, 2.24) is 4.90 Å². The van der Waals surface area contributed by atoms with Gasteiger partial charge in [0.05, 0.1) is 13.2 Å². The average Bonchev–Trinajstić information content (AvgIpc) is 2.35. The summed E-state index contributed by atoms with van der Waals surface area (Å²) in [5.74, 6) is 0.571. The zero-order chi connectivity index (χ0) is 13.5. The van der Waals surface area contributed by atoms with Gasteiger partial charge in [0.1, 0.15) is 5.75 Å². The highest BCUT2D eigenvalue weighted by Crippen LogP contribution is 2.18. The van der Waals surface area contributed by atoms with Gasteiger partial charge in [-0.2, -0.15) is 0 Å². The standard InChI is InChI=1S/C14H19NO3/c1-11(16)10-15(2)14(17)9-8-12-6-4-5-7-13(12)18-3/h4-9,11,16H,10H2,1-3H3. The van der Waals surface area contributed by atoms with Gasteiger partial charge in [-0.15, -0.1) is 0 Å². The van der Waals surface area contributed by atoms with Crippen LogP contribution in [0, 0.1) is 0 Å². The molecule has 0 radical (unpaired) electrons. The van der Waals surface area contributed by atoms with E-state index in [1.807, 2.05) is 24.3 Å². The number of hydrogen-bond acceptors (Lipinski definition) is 3. The van der Waals surface area contributed by atoms with E-state index in [-0.39, 0.29) is 5.91 Å². The molecule has 1 aromatic rings. The Balaban J connectivity index is 2.71. The highest BCUT2D eigenvalue weighted by atomic mass is 16.5. The normalized spacial score (nSPS) is 12.4. The van der Waals surface area contributed by atoms with Crippen LogP contribution in [0.3, 0.4) is 0 Å². The molecule has 0 saturated heterocycles. The molecule has 98 valence electrons. The molecule has 4 heteroatoms. The van der Waals surface area contributed by atoms with E-state index < -0.39 is 6.10 Å². The predicted molar refractivity (Wildman–Crippen MR) is 71.3 cm³/mol. The fourth-order valence-electron chi connectivity index (χ4n) is 1.58. The third-order valence-electron chi connectivity index (χ3n) is 2.46. The minimum Gasteiger partial charge on any atom is -0.496 e. The van der Waals surface area contributed by atoms with Crippen LogP contribution in [-0.2, 0) is 4.79 Å². The second-order valence-electron chi connectivity index (χ2n) is 4.14. The van der Waals surface area contributed by atoms with Crippen molar-refractivity contribution in [3.63, 3.8) is 0 Å². The van der Waals surface area contributed by atoms with E-state index in [1.165, 1.54) is 11.0 Å². The molecular weight excluding hydrogens is 230 g/mol. The number of para-hydroxylation sites is 1. The topological polar surface area (TPSA) is 49.8 Å². The smallest absolute Gasteiger partial charge is 0.246 e. The number of amides is 1. The molecule has 0 aliphatic carbocycles. The van der Waals surface area contributed by atoms with Crippen molar-refractivity contribution < 1.29 is 14.6 Å². The maximum absolute atomic E-state index is 11.7. The number of nitrogens with zero attached hydrogens (tertiary/aromatic N) is 1. The van der Waals surface area contributed by atoms with E-state index in [0.717, 1.165) is 11.3 Å². The summed E-state index contributed by atoms with van der Waals surface area (Å²) in [5, 5.41) is 9.20. The number of carbonyl (C=O) groups excluding carboxylic acids is 1. The van der Waals surface area contributed by atoms with Crippen molar-refractivity contribution in [2.45, 2.75) is 13.0 Å². The van der Waals surface area contributed by atoms with Crippen LogP contribution in [0.25, 0.3) is 6.08 Å². The van der Waals surface area contributed by atoms with Crippen molar-refractivity contribution in [3.05, 3.63) is 35.9 Å². The van der Waals surface area contributed by atoms with Gasteiger partial charge in [-0.1, -0.05) is 18.2 Å². The molecule has 0 heterocycles. The number of carbonyl (C=O) groups is 1. The third kappa shape index (κ3) is 4.22. The number of ether oxygens (including phenoxy) is 1. The quantitative estimate of drug-likeness (QED) is 0.805. The lowest BCUT2D eigenvalue weighted by Gasteiger charge is -2.16. The number of aliphatic hydroxyl groups excluding tert-OH is 1. The van der Waals surface area contributed by atoms with Crippen molar-refractivity contribution in [1.29, 1.82) is 0 Å². The van der Waals surface area contributed by atoms with Gasteiger partial charge in [0.2, 0.25) is 5.91 Å². The molecule has 0 saturated carbocycles. The summed E-state index contributed by atoms with van der Waals surface area (Å²) in [6.45, 7) is 1.96. The van der Waals surface area contributed by atoms with Crippen molar-refractivity contribution >= 4 is 12.0 Å². The Morgan fingerprint density at radius 2 is 2.17 bits per heavy atom. The lowest BCUT2D eigenvalue weighted by molar-refractivity contribution is -0.125. The van der Waals surface area contributed by atoms with Crippen LogP contribution in [0.4, 0.5) is 0 Å². The Labute approximate surface area is 107 Å². The van der Waals surface area contributed by atoms with Gasteiger partial charge >= 0.3 is 0 Å². The zero-order valence-electron chi connectivity index (χ0n) is 11.0. The van der Waals surface area contributed by atoms with E-state index in [0.29, 0.717) is 6.54 Å². The first kappa shape index (κ1) is 14.3. The molecule has 1 rings (SSSR count). The summed E-state index contributed by atoms with van der Waals surface area (Å²) in [7, 11) is 3.25. The molecule has 1 N–H and O–H groups in total. The number of likely N-dealkylation sites (N-methyl/N-ethyl adjacent to an activating group) is 1. The molecule has 1 amide bonds. The average molecular weight is 249 g/mol. The SMILES string of the molecule is COc1ccccc1C=CC(=O)N(C)CC(C)O. The maximum Gasteiger partial charge on any atom is 0.246 e. The van der Waals surface area contributed by atoms with Gasteiger partial charge in [-0.05, 0) is 19.1 Å². The first-order valence-corrected chi connectivity index (χ1v) is 5.79. The molecule has 0 aromatic heterocycles. The van der Waals surface area contributed by atoms with Gasteiger partial charge in [0.25, 0.3) is 0 Å². The van der Waals surface area contributed by atoms with E-state index >= 15 is 0 Å². The van der Waals surface area contributed by atoms with Gasteiger partial charge in [-0.25, -0.2) is 0 Å². The van der Waals surface area contributed by atoms with Crippen molar-refractivity contribution in [3.8, 4) is 5.75 Å². The number of aliphatic hydroxyl groups is 1. The Kier molecular flexibility index (Phi) is 5.39. The summed E-state index contributed by atoms with van der Waals surface area (Å²) in [6.07, 6.45) is 2.65. The summed E-state index contributed by atoms with van der Waals surface area (Å²) in [4.78, 5) is 13.2. The Bertz CT molecular complexity index is 427. The number of hydrogen-bond donors (Lipinski definition) is 1. The van der Waals surface area contributed by atoms with Crippen molar-refractivity contribution in [2.24, 2.45) is 0 Å². The maximum atomic E-state index is 11.7. The van der Waals surface area contributed by atoms with Crippen LogP contribution < -0.4 is 4.74 Å². The first-order valence-electron chi connectivity index (χ1n) is 5.79. The molecule has 0 bridgehead atoms. The second-order valence-corrected chi connectivity index (χ2v) is 4.14. The zero-order valence-corrected chi connectivity index (χ0v) is 11.0. The Hall–Kier alpha value is -1.81. The van der Waals surface area contributed by atoms with Gasteiger partial charge in [0, 0.05) is 25.2 Å². The highest BCUT2D eigenvalue weighted by Gasteiger charge is 2.07. The molecule has 4 nitrogen and oxygen atoms in total. The summed E-state index contributed by atoms with van der Waals surface area (Å²) in [6, 6.07) is 7.46. The molecular formula is C14H19NO3. The summed E-state index contributed by atoms with van der Waals surface area (Å²) in [5.41, 5.74) is 0.846. The van der Waals surface area contributed by atoms with Crippen LogP contribution in [-0.4, -0.2) is 42.7 Å². The van der Waals surface area contributed by atoms with Gasteiger partial charge in [0.15, 0.2) is 0 Å². The van der Waals surface area contributed by atoms with Crippen LogP contribution in [0.1, 0.15) is 12.5 Å². The summed E-state index contributed by atoms with van der Waals surface area (Å²) >= 11 is 0. The second kappa shape index (κ2) is 6.81. The van der Waals surface area contributed by atoms with Gasteiger partial charge < -0.3 is 14.7 Å². The van der Waals surface area contributed by atoms with E-state index in [1.54, 1.807) is 27.2 Å². The fraction of sp³-hybridized carbons (Fsp3) is 0.357. The Morgan fingerprint density at radius 1 is 1.50 bits per heavy atom. The molecule has 0 aliphatic heterocycles. The third-order valence-corrected chi connectivity index (χ3v) is 2.46. The van der Waals surface area contributed by atoms with Crippen LogP contribution in [0.15, 0.2) is 30.3 Å². The lowest BCUT2D eigenvalue weighted by Crippen LogP contribution is -2.31. The van der Waals surface area contributed by atoms with Crippen LogP contribution in [0.5, 0.6) is 5.75 Å². The lowest BCUT2D eigenvalue weighted by atomic mass is 10.2. The van der Waals surface area contributed by atoms with Gasteiger partial charge in [-0.3, -0.25) is 4.79 Å². The minimum atomic E-state index is -0.529. The molecule has 1 atom stereocenters. The van der Waals surface area contributed by atoms with E-state index in [2.05, 4.69) is 0 Å². The molecule has 0 spiro atoms. The predicted octanol–water partition coefficient (Wildman–Crippen LogP) is 1.55. The minimum absolute atomic E-state index is 0.151. The number of methoxy groups -OCH3 is 1.